The summed E-state index contributed by atoms with van der Waals surface area (Å²) in [5.74, 6) is 0. The third-order valence-corrected chi connectivity index (χ3v) is 3.84. The van der Waals surface area contributed by atoms with Gasteiger partial charge in [-0.2, -0.15) is 0 Å². The Kier molecular flexibility index (Phi) is 4.24. The van der Waals surface area contributed by atoms with Crippen molar-refractivity contribution in [2.75, 3.05) is 7.05 Å². The van der Waals surface area contributed by atoms with Crippen LogP contribution in [0.15, 0.2) is 33.1 Å². The van der Waals surface area contributed by atoms with Crippen LogP contribution in [-0.4, -0.2) is 7.05 Å². The highest BCUT2D eigenvalue weighted by Gasteiger charge is 2.19. The van der Waals surface area contributed by atoms with E-state index in [-0.39, 0.29) is 0 Å². The van der Waals surface area contributed by atoms with E-state index in [9.17, 15) is 0 Å². The number of rotatable bonds is 3. The molecule has 1 aromatic rings. The maximum absolute atomic E-state index is 5.32. The quantitative estimate of drug-likeness (QED) is 0.842. The van der Waals surface area contributed by atoms with Crippen molar-refractivity contribution >= 4 is 15.9 Å². The first-order chi connectivity index (χ1) is 7.83. The molecule has 88 valence electrons. The molecule has 0 radical (unpaired) electrons. The molecule has 1 aromatic heterocycles. The summed E-state index contributed by atoms with van der Waals surface area (Å²) in [6.45, 7) is 0. The Morgan fingerprint density at radius 3 is 2.94 bits per heavy atom. The second-order valence-electron chi connectivity index (χ2n) is 4.25. The van der Waals surface area contributed by atoms with Crippen LogP contribution >= 0.6 is 15.9 Å². The number of nitrogens with one attached hydrogen (secondary N) is 1. The van der Waals surface area contributed by atoms with Gasteiger partial charge < -0.3 is 9.73 Å². The van der Waals surface area contributed by atoms with Crippen molar-refractivity contribution in [2.45, 2.75) is 38.1 Å². The number of allylic oxidation sites excluding steroid dienone is 1. The monoisotopic (exact) mass is 283 g/mol. The Labute approximate surface area is 105 Å². The second kappa shape index (κ2) is 5.69. The van der Waals surface area contributed by atoms with Gasteiger partial charge in [-0.05, 0) is 54.7 Å². The Morgan fingerprint density at radius 1 is 1.38 bits per heavy atom. The van der Waals surface area contributed by atoms with Crippen LogP contribution < -0.4 is 5.32 Å². The molecule has 0 saturated heterocycles. The van der Waals surface area contributed by atoms with Gasteiger partial charge in [0.15, 0.2) is 4.67 Å². The van der Waals surface area contributed by atoms with Crippen molar-refractivity contribution in [3.8, 4) is 0 Å². The molecule has 2 rings (SSSR count). The zero-order valence-electron chi connectivity index (χ0n) is 9.63. The summed E-state index contributed by atoms with van der Waals surface area (Å²) in [5.41, 5.74) is 2.71. The van der Waals surface area contributed by atoms with Crippen LogP contribution in [0.2, 0.25) is 0 Å². The van der Waals surface area contributed by atoms with E-state index >= 15 is 0 Å². The van der Waals surface area contributed by atoms with E-state index in [0.717, 1.165) is 4.67 Å². The molecule has 1 N–H and O–H groups in total. The fourth-order valence-corrected chi connectivity index (χ4v) is 2.82. The third kappa shape index (κ3) is 2.58. The maximum atomic E-state index is 5.32. The molecule has 1 heterocycles. The normalized spacial score (nSPS) is 19.0. The van der Waals surface area contributed by atoms with Crippen LogP contribution in [0.25, 0.3) is 0 Å². The zero-order chi connectivity index (χ0) is 11.4. The van der Waals surface area contributed by atoms with Crippen molar-refractivity contribution in [2.24, 2.45) is 0 Å². The van der Waals surface area contributed by atoms with Gasteiger partial charge in [-0.1, -0.05) is 18.1 Å². The van der Waals surface area contributed by atoms with E-state index in [2.05, 4.69) is 27.3 Å². The van der Waals surface area contributed by atoms with Crippen molar-refractivity contribution in [3.63, 3.8) is 0 Å². The van der Waals surface area contributed by atoms with Crippen LogP contribution in [-0.2, 0) is 0 Å². The fourth-order valence-electron chi connectivity index (χ4n) is 2.35. The van der Waals surface area contributed by atoms with Gasteiger partial charge in [0.25, 0.3) is 0 Å². The maximum Gasteiger partial charge on any atom is 0.174 e. The molecule has 16 heavy (non-hydrogen) atoms. The molecule has 2 nitrogen and oxygen atoms in total. The molecule has 1 aliphatic carbocycles. The summed E-state index contributed by atoms with van der Waals surface area (Å²) in [6, 6.07) is 2.34. The van der Waals surface area contributed by atoms with E-state index in [1.165, 1.54) is 43.2 Å². The number of hydrogen-bond donors (Lipinski definition) is 1. The van der Waals surface area contributed by atoms with Gasteiger partial charge >= 0.3 is 0 Å². The topological polar surface area (TPSA) is 25.2 Å². The van der Waals surface area contributed by atoms with Crippen molar-refractivity contribution in [3.05, 3.63) is 34.2 Å². The van der Waals surface area contributed by atoms with Crippen LogP contribution in [0, 0.1) is 0 Å². The zero-order valence-corrected chi connectivity index (χ0v) is 11.2. The lowest BCUT2D eigenvalue weighted by atomic mass is 9.97. The van der Waals surface area contributed by atoms with E-state index in [4.69, 9.17) is 4.42 Å². The molecule has 3 heteroatoms. The van der Waals surface area contributed by atoms with Crippen molar-refractivity contribution in [1.82, 2.24) is 5.32 Å². The number of halogens is 1. The predicted molar refractivity (Wildman–Crippen MR) is 69.4 cm³/mol. The average Bonchev–Trinajstić information content (AvgIpc) is 2.57. The lowest BCUT2D eigenvalue weighted by Crippen LogP contribution is -2.18. The predicted octanol–water partition coefficient (Wildman–Crippen LogP) is 4.19. The minimum Gasteiger partial charge on any atom is -0.457 e. The molecule has 1 unspecified atom stereocenters. The lowest BCUT2D eigenvalue weighted by Gasteiger charge is -2.18. The summed E-state index contributed by atoms with van der Waals surface area (Å²) < 4.78 is 6.16. The first-order valence-corrected chi connectivity index (χ1v) is 6.71. The summed E-state index contributed by atoms with van der Waals surface area (Å²) in [7, 11) is 2.01. The second-order valence-corrected chi connectivity index (χ2v) is 4.97. The molecule has 0 aliphatic heterocycles. The number of hydrogen-bond acceptors (Lipinski definition) is 2. The average molecular weight is 284 g/mol. The largest absolute Gasteiger partial charge is 0.457 e. The highest BCUT2D eigenvalue weighted by molar-refractivity contribution is 9.10. The van der Waals surface area contributed by atoms with Gasteiger partial charge in [0.1, 0.15) is 0 Å². The molecule has 1 atom stereocenters. The van der Waals surface area contributed by atoms with Gasteiger partial charge in [0.2, 0.25) is 0 Å². The van der Waals surface area contributed by atoms with Crippen LogP contribution in [0.4, 0.5) is 0 Å². The van der Waals surface area contributed by atoms with Gasteiger partial charge in [0.05, 0.1) is 12.3 Å². The summed E-state index contributed by atoms with van der Waals surface area (Å²) in [6.07, 6.45) is 10.5. The number of likely N-dealkylation sites (N-methyl/N-ethyl adjacent to an activating group) is 1. The van der Waals surface area contributed by atoms with E-state index in [1.807, 2.05) is 13.1 Å². The third-order valence-electron chi connectivity index (χ3n) is 3.19. The van der Waals surface area contributed by atoms with Gasteiger partial charge in [0, 0.05) is 5.56 Å². The first-order valence-electron chi connectivity index (χ1n) is 5.92. The molecule has 0 amide bonds. The molecule has 0 bridgehead atoms. The molecule has 1 aliphatic rings. The highest BCUT2D eigenvalue weighted by atomic mass is 79.9. The van der Waals surface area contributed by atoms with Gasteiger partial charge in [-0.3, -0.25) is 0 Å². The SMILES string of the molecule is CNC(C1=CCCCCC1)c1ccoc1Br. The molecule has 0 spiro atoms. The molecular formula is C13H18BrNO. The Balaban J connectivity index is 2.21. The first kappa shape index (κ1) is 11.9. The Hall–Kier alpha value is -0.540. The molecule has 0 saturated carbocycles. The van der Waals surface area contributed by atoms with Crippen molar-refractivity contribution < 1.29 is 4.42 Å². The summed E-state index contributed by atoms with van der Waals surface area (Å²) in [5, 5.41) is 3.38. The summed E-state index contributed by atoms with van der Waals surface area (Å²) >= 11 is 3.46. The lowest BCUT2D eigenvalue weighted by molar-refractivity contribution is 0.527. The van der Waals surface area contributed by atoms with E-state index in [0.29, 0.717) is 6.04 Å². The van der Waals surface area contributed by atoms with Crippen LogP contribution in [0.1, 0.15) is 43.7 Å². The van der Waals surface area contributed by atoms with Crippen molar-refractivity contribution in [1.29, 1.82) is 0 Å². The molecule has 0 fully saturated rings. The molecule has 0 aromatic carbocycles. The minimum atomic E-state index is 0.297. The van der Waals surface area contributed by atoms with Crippen LogP contribution in [0.3, 0.4) is 0 Å². The smallest absolute Gasteiger partial charge is 0.174 e. The standard InChI is InChI=1S/C13H18BrNO/c1-15-12(11-8-9-16-13(11)14)10-6-4-2-3-5-7-10/h6,8-9,12,15H,2-5,7H2,1H3. The fraction of sp³-hybridized carbons (Fsp3) is 0.538. The number of furan rings is 1. The Morgan fingerprint density at radius 2 is 2.25 bits per heavy atom. The Bertz CT molecular complexity index is 370. The molecular weight excluding hydrogens is 266 g/mol. The van der Waals surface area contributed by atoms with E-state index < -0.39 is 0 Å². The van der Waals surface area contributed by atoms with Gasteiger partial charge in [-0.25, -0.2) is 0 Å². The minimum absolute atomic E-state index is 0.297. The highest BCUT2D eigenvalue weighted by Crippen LogP contribution is 2.33. The van der Waals surface area contributed by atoms with Gasteiger partial charge in [-0.15, -0.1) is 0 Å². The summed E-state index contributed by atoms with van der Waals surface area (Å²) in [4.78, 5) is 0. The van der Waals surface area contributed by atoms with E-state index in [1.54, 1.807) is 6.26 Å². The van der Waals surface area contributed by atoms with Crippen LogP contribution in [0.5, 0.6) is 0 Å².